The van der Waals surface area contributed by atoms with Crippen molar-refractivity contribution in [2.24, 2.45) is 17.8 Å². The summed E-state index contributed by atoms with van der Waals surface area (Å²) >= 11 is 0. The van der Waals surface area contributed by atoms with Crippen LogP contribution in [0.3, 0.4) is 0 Å². The molecule has 0 aromatic heterocycles. The Balaban J connectivity index is 4.60. The zero-order valence-corrected chi connectivity index (χ0v) is 8.30. The van der Waals surface area contributed by atoms with Crippen molar-refractivity contribution >= 4 is 11.9 Å². The average molecular weight is 204 g/mol. The second-order valence-electron chi connectivity index (χ2n) is 3.70. The monoisotopic (exact) mass is 204 g/mol. The van der Waals surface area contributed by atoms with Crippen molar-refractivity contribution in [3.05, 3.63) is 0 Å². The molecule has 2 unspecified atom stereocenters. The number of hydrogen-bond donors (Lipinski definition) is 3. The van der Waals surface area contributed by atoms with Crippen LogP contribution in [-0.2, 0) is 9.59 Å². The molecular weight excluding hydrogens is 188 g/mol. The Morgan fingerprint density at radius 1 is 1.07 bits per heavy atom. The van der Waals surface area contributed by atoms with Crippen LogP contribution in [0.15, 0.2) is 0 Å². The van der Waals surface area contributed by atoms with Crippen LogP contribution in [0.1, 0.15) is 20.3 Å². The summed E-state index contributed by atoms with van der Waals surface area (Å²) in [5, 5.41) is 26.3. The molecule has 5 nitrogen and oxygen atoms in total. The van der Waals surface area contributed by atoms with Crippen LogP contribution in [0, 0.1) is 17.8 Å². The number of aliphatic carboxylic acids is 2. The summed E-state index contributed by atoms with van der Waals surface area (Å²) in [6, 6.07) is 0. The Hall–Kier alpha value is -1.10. The van der Waals surface area contributed by atoms with Gasteiger partial charge in [0.25, 0.3) is 0 Å². The maximum Gasteiger partial charge on any atom is 0.309 e. The molecule has 3 N–H and O–H groups in total. The minimum absolute atomic E-state index is 0.0875. The lowest BCUT2D eigenvalue weighted by molar-refractivity contribution is -0.156. The molecule has 0 aliphatic carbocycles. The van der Waals surface area contributed by atoms with Crippen molar-refractivity contribution in [2.45, 2.75) is 20.3 Å². The molecular formula is C9H16O5. The number of hydrogen-bond acceptors (Lipinski definition) is 3. The van der Waals surface area contributed by atoms with E-state index in [9.17, 15) is 9.59 Å². The largest absolute Gasteiger partial charge is 0.481 e. The minimum atomic E-state index is -1.26. The van der Waals surface area contributed by atoms with Crippen LogP contribution < -0.4 is 0 Å². The molecule has 0 heterocycles. The van der Waals surface area contributed by atoms with E-state index in [1.165, 1.54) is 0 Å². The third-order valence-corrected chi connectivity index (χ3v) is 2.04. The highest BCUT2D eigenvalue weighted by Crippen LogP contribution is 2.21. The van der Waals surface area contributed by atoms with Gasteiger partial charge in [0.05, 0.1) is 18.4 Å². The lowest BCUT2D eigenvalue weighted by atomic mass is 9.86. The summed E-state index contributed by atoms with van der Waals surface area (Å²) < 4.78 is 0. The Kier molecular flexibility index (Phi) is 5.15. The molecule has 14 heavy (non-hydrogen) atoms. The molecule has 0 amide bonds. The highest BCUT2D eigenvalue weighted by molar-refractivity contribution is 5.80. The SMILES string of the molecule is CC(C)CC(C(=O)O)C(CO)C(=O)O. The van der Waals surface area contributed by atoms with E-state index >= 15 is 0 Å². The molecule has 5 heteroatoms. The molecule has 0 fully saturated rings. The molecule has 82 valence electrons. The molecule has 2 atom stereocenters. The Labute approximate surface area is 82.4 Å². The first-order valence-electron chi connectivity index (χ1n) is 4.46. The number of aliphatic hydroxyl groups excluding tert-OH is 1. The first kappa shape index (κ1) is 12.9. The Morgan fingerprint density at radius 3 is 1.71 bits per heavy atom. The van der Waals surface area contributed by atoms with Gasteiger partial charge in [0, 0.05) is 0 Å². The van der Waals surface area contributed by atoms with Crippen molar-refractivity contribution in [3.8, 4) is 0 Å². The van der Waals surface area contributed by atoms with Crippen molar-refractivity contribution in [2.75, 3.05) is 6.61 Å². The molecule has 0 spiro atoms. The predicted octanol–water partition coefficient (Wildman–Crippen LogP) is 0.426. The van der Waals surface area contributed by atoms with Crippen LogP contribution in [0.25, 0.3) is 0 Å². The number of rotatable bonds is 6. The zero-order chi connectivity index (χ0) is 11.3. The van der Waals surface area contributed by atoms with E-state index in [1.54, 1.807) is 0 Å². The average Bonchev–Trinajstić information content (AvgIpc) is 2.02. The van der Waals surface area contributed by atoms with Gasteiger partial charge in [-0.3, -0.25) is 9.59 Å². The van der Waals surface area contributed by atoms with Crippen molar-refractivity contribution in [1.29, 1.82) is 0 Å². The number of carbonyl (C=O) groups is 2. The maximum absolute atomic E-state index is 10.8. The van der Waals surface area contributed by atoms with Crippen molar-refractivity contribution < 1.29 is 24.9 Å². The third kappa shape index (κ3) is 3.74. The second kappa shape index (κ2) is 5.59. The number of carboxylic acids is 2. The maximum atomic E-state index is 10.8. The van der Waals surface area contributed by atoms with Gasteiger partial charge in [0.1, 0.15) is 0 Å². The lowest BCUT2D eigenvalue weighted by Gasteiger charge is -2.19. The van der Waals surface area contributed by atoms with Gasteiger partial charge in [-0.25, -0.2) is 0 Å². The third-order valence-electron chi connectivity index (χ3n) is 2.04. The van der Waals surface area contributed by atoms with Gasteiger partial charge in [-0.2, -0.15) is 0 Å². The van der Waals surface area contributed by atoms with Crippen LogP contribution in [0.2, 0.25) is 0 Å². The fraction of sp³-hybridized carbons (Fsp3) is 0.778. The lowest BCUT2D eigenvalue weighted by Crippen LogP contribution is -2.33. The van der Waals surface area contributed by atoms with Crippen molar-refractivity contribution in [1.82, 2.24) is 0 Å². The Bertz CT molecular complexity index is 211. The highest BCUT2D eigenvalue weighted by Gasteiger charge is 2.33. The van der Waals surface area contributed by atoms with Crippen LogP contribution in [0.4, 0.5) is 0 Å². The van der Waals surface area contributed by atoms with Gasteiger partial charge in [-0.05, 0) is 12.3 Å². The van der Waals surface area contributed by atoms with E-state index in [-0.39, 0.29) is 12.3 Å². The van der Waals surface area contributed by atoms with Gasteiger partial charge >= 0.3 is 11.9 Å². The zero-order valence-electron chi connectivity index (χ0n) is 8.30. The summed E-state index contributed by atoms with van der Waals surface area (Å²) in [6.07, 6.45) is 0.257. The van der Waals surface area contributed by atoms with Gasteiger partial charge in [0.2, 0.25) is 0 Å². The smallest absolute Gasteiger partial charge is 0.309 e. The standard InChI is InChI=1S/C9H16O5/c1-5(2)3-6(8(11)12)7(4-10)9(13)14/h5-7,10H,3-4H2,1-2H3,(H,11,12)(H,13,14). The molecule has 0 rings (SSSR count). The highest BCUT2D eigenvalue weighted by atomic mass is 16.4. The molecule has 0 aromatic carbocycles. The molecule has 0 radical (unpaired) electrons. The first-order chi connectivity index (χ1) is 6.40. The molecule has 0 saturated carbocycles. The summed E-state index contributed by atoms with van der Waals surface area (Å²) in [4.78, 5) is 21.4. The van der Waals surface area contributed by atoms with Crippen LogP contribution in [0.5, 0.6) is 0 Å². The Morgan fingerprint density at radius 2 is 1.50 bits per heavy atom. The van der Waals surface area contributed by atoms with E-state index < -0.39 is 30.4 Å². The van der Waals surface area contributed by atoms with Crippen LogP contribution in [-0.4, -0.2) is 33.9 Å². The van der Waals surface area contributed by atoms with Crippen LogP contribution >= 0.6 is 0 Å². The first-order valence-corrected chi connectivity index (χ1v) is 4.46. The minimum Gasteiger partial charge on any atom is -0.481 e. The molecule has 0 aliphatic heterocycles. The number of carboxylic acid groups (broad SMARTS) is 2. The molecule has 0 aliphatic rings. The molecule has 0 saturated heterocycles. The molecule has 0 bridgehead atoms. The summed E-state index contributed by atoms with van der Waals surface area (Å²) in [5.41, 5.74) is 0. The topological polar surface area (TPSA) is 94.8 Å². The fourth-order valence-corrected chi connectivity index (χ4v) is 1.32. The summed E-state index contributed by atoms with van der Waals surface area (Å²) in [6.45, 7) is 2.98. The summed E-state index contributed by atoms with van der Waals surface area (Å²) in [5.74, 6) is -4.57. The van der Waals surface area contributed by atoms with Gasteiger partial charge in [0.15, 0.2) is 0 Å². The van der Waals surface area contributed by atoms with E-state index in [1.807, 2.05) is 13.8 Å². The number of aliphatic hydroxyl groups is 1. The van der Waals surface area contributed by atoms with E-state index in [4.69, 9.17) is 15.3 Å². The van der Waals surface area contributed by atoms with Crippen molar-refractivity contribution in [3.63, 3.8) is 0 Å². The van der Waals surface area contributed by atoms with Gasteiger partial charge < -0.3 is 15.3 Å². The van der Waals surface area contributed by atoms with Gasteiger partial charge in [-0.15, -0.1) is 0 Å². The predicted molar refractivity (Wildman–Crippen MR) is 48.8 cm³/mol. The van der Waals surface area contributed by atoms with E-state index in [2.05, 4.69) is 0 Å². The normalized spacial score (nSPS) is 15.1. The molecule has 0 aromatic rings. The quantitative estimate of drug-likeness (QED) is 0.583. The van der Waals surface area contributed by atoms with Gasteiger partial charge in [-0.1, -0.05) is 13.8 Å². The second-order valence-corrected chi connectivity index (χ2v) is 3.70. The fourth-order valence-electron chi connectivity index (χ4n) is 1.32. The van der Waals surface area contributed by atoms with E-state index in [0.29, 0.717) is 0 Å². The van der Waals surface area contributed by atoms with E-state index in [0.717, 1.165) is 0 Å². The summed E-state index contributed by atoms with van der Waals surface area (Å²) in [7, 11) is 0.